The summed E-state index contributed by atoms with van der Waals surface area (Å²) < 4.78 is 5.59. The summed E-state index contributed by atoms with van der Waals surface area (Å²) in [6.45, 7) is 0. The number of nitro benzene ring substituents is 1. The number of carbonyl (C=O) groups excluding carboxylic acids is 2. The first kappa shape index (κ1) is 23.7. The third-order valence-electron chi connectivity index (χ3n) is 4.26. The molecule has 164 valence electrons. The summed E-state index contributed by atoms with van der Waals surface area (Å²) in [5.41, 5.74) is 0.801. The number of non-ortho nitro benzene ring substituents is 1. The van der Waals surface area contributed by atoms with Crippen LogP contribution in [0.25, 0.3) is 6.08 Å². The molecule has 0 heterocycles. The molecular weight excluding hydrogens is 514 g/mol. The number of amides is 1. The standard InChI is InChI=1S/C23H13BrClN3O5/c24-20-12-18(28(31)32)7-10-21(20)27-22(29)16(13-26)11-14-1-8-19(9-2-14)33-23(30)15-3-5-17(25)6-4-15/h1-12H,(H,27,29). The van der Waals surface area contributed by atoms with Crippen LogP contribution in [0.1, 0.15) is 15.9 Å². The zero-order valence-corrected chi connectivity index (χ0v) is 19.0. The van der Waals surface area contributed by atoms with Crippen LogP contribution in [0, 0.1) is 21.4 Å². The summed E-state index contributed by atoms with van der Waals surface area (Å²) in [5, 5.41) is 23.2. The van der Waals surface area contributed by atoms with Crippen molar-refractivity contribution in [3.63, 3.8) is 0 Å². The molecule has 1 N–H and O–H groups in total. The molecule has 0 radical (unpaired) electrons. The second-order valence-corrected chi connectivity index (χ2v) is 7.80. The quantitative estimate of drug-likeness (QED) is 0.109. The van der Waals surface area contributed by atoms with Crippen LogP contribution in [-0.4, -0.2) is 16.8 Å². The van der Waals surface area contributed by atoms with Gasteiger partial charge in [0.15, 0.2) is 0 Å². The summed E-state index contributed by atoms with van der Waals surface area (Å²) in [5.74, 6) is -0.962. The first-order chi connectivity index (χ1) is 15.8. The van der Waals surface area contributed by atoms with Crippen LogP contribution in [0.2, 0.25) is 5.02 Å². The molecule has 0 saturated carbocycles. The van der Waals surface area contributed by atoms with Gasteiger partial charge in [-0.3, -0.25) is 14.9 Å². The van der Waals surface area contributed by atoms with E-state index in [0.717, 1.165) is 0 Å². The number of halogens is 2. The second kappa shape index (κ2) is 10.5. The Hall–Kier alpha value is -4.00. The molecule has 0 fully saturated rings. The molecule has 3 rings (SSSR count). The van der Waals surface area contributed by atoms with E-state index >= 15 is 0 Å². The zero-order chi connectivity index (χ0) is 24.0. The number of carbonyl (C=O) groups is 2. The van der Waals surface area contributed by atoms with E-state index in [1.165, 1.54) is 36.4 Å². The van der Waals surface area contributed by atoms with Crippen molar-refractivity contribution in [1.29, 1.82) is 5.26 Å². The van der Waals surface area contributed by atoms with E-state index in [1.807, 2.05) is 6.07 Å². The minimum Gasteiger partial charge on any atom is -0.423 e. The predicted octanol–water partition coefficient (Wildman–Crippen LogP) is 5.78. The molecule has 8 nitrogen and oxygen atoms in total. The van der Waals surface area contributed by atoms with Crippen LogP contribution >= 0.6 is 27.5 Å². The number of hydrogen-bond donors (Lipinski definition) is 1. The lowest BCUT2D eigenvalue weighted by molar-refractivity contribution is -0.384. The van der Waals surface area contributed by atoms with Crippen molar-refractivity contribution in [1.82, 2.24) is 0 Å². The van der Waals surface area contributed by atoms with Crippen molar-refractivity contribution in [3.05, 3.63) is 103 Å². The van der Waals surface area contributed by atoms with E-state index in [1.54, 1.807) is 36.4 Å². The van der Waals surface area contributed by atoms with Gasteiger partial charge in [-0.1, -0.05) is 23.7 Å². The molecule has 0 spiro atoms. The van der Waals surface area contributed by atoms with Crippen LogP contribution in [-0.2, 0) is 4.79 Å². The molecule has 0 aliphatic carbocycles. The van der Waals surface area contributed by atoms with E-state index in [0.29, 0.717) is 20.6 Å². The van der Waals surface area contributed by atoms with Crippen LogP contribution in [0.15, 0.2) is 76.8 Å². The van der Waals surface area contributed by atoms with E-state index in [4.69, 9.17) is 16.3 Å². The number of hydrogen-bond acceptors (Lipinski definition) is 6. The van der Waals surface area contributed by atoms with Crippen molar-refractivity contribution in [2.75, 3.05) is 5.32 Å². The SMILES string of the molecule is N#CC(=Cc1ccc(OC(=O)c2ccc(Cl)cc2)cc1)C(=O)Nc1ccc([N+](=O)[O-])cc1Br. The fourth-order valence-electron chi connectivity index (χ4n) is 2.61. The lowest BCUT2D eigenvalue weighted by atomic mass is 10.1. The van der Waals surface area contributed by atoms with Crippen molar-refractivity contribution in [2.24, 2.45) is 0 Å². The fraction of sp³-hybridized carbons (Fsp3) is 0. The van der Waals surface area contributed by atoms with E-state index in [-0.39, 0.29) is 22.7 Å². The first-order valence-electron chi connectivity index (χ1n) is 9.21. The Morgan fingerprint density at radius 3 is 2.33 bits per heavy atom. The number of nitriles is 1. The van der Waals surface area contributed by atoms with E-state index in [2.05, 4.69) is 21.2 Å². The van der Waals surface area contributed by atoms with Gasteiger partial charge in [-0.05, 0) is 70.0 Å². The number of benzene rings is 3. The van der Waals surface area contributed by atoms with Crippen LogP contribution in [0.3, 0.4) is 0 Å². The van der Waals surface area contributed by atoms with Crippen molar-refractivity contribution in [3.8, 4) is 11.8 Å². The van der Waals surface area contributed by atoms with Crippen LogP contribution in [0.5, 0.6) is 5.75 Å². The molecule has 10 heteroatoms. The molecule has 0 saturated heterocycles. The van der Waals surface area contributed by atoms with Gasteiger partial charge in [-0.2, -0.15) is 5.26 Å². The van der Waals surface area contributed by atoms with E-state index in [9.17, 15) is 25.0 Å². The Bertz CT molecular complexity index is 1300. The monoisotopic (exact) mass is 525 g/mol. The van der Waals surface area contributed by atoms with Crippen LogP contribution in [0.4, 0.5) is 11.4 Å². The molecule has 0 aromatic heterocycles. The molecule has 0 bridgehead atoms. The highest BCUT2D eigenvalue weighted by Crippen LogP contribution is 2.27. The lowest BCUT2D eigenvalue weighted by Crippen LogP contribution is -2.14. The van der Waals surface area contributed by atoms with Crippen molar-refractivity contribution >= 4 is 56.9 Å². The van der Waals surface area contributed by atoms with Crippen LogP contribution < -0.4 is 10.1 Å². The topological polar surface area (TPSA) is 122 Å². The number of ether oxygens (including phenoxy) is 1. The van der Waals surface area contributed by atoms with Gasteiger partial charge in [0.05, 0.1) is 16.2 Å². The number of nitrogens with one attached hydrogen (secondary N) is 1. The smallest absolute Gasteiger partial charge is 0.343 e. The maximum Gasteiger partial charge on any atom is 0.343 e. The minimum absolute atomic E-state index is 0.146. The molecule has 1 amide bonds. The first-order valence-corrected chi connectivity index (χ1v) is 10.4. The van der Waals surface area contributed by atoms with Crippen molar-refractivity contribution in [2.45, 2.75) is 0 Å². The maximum atomic E-state index is 12.5. The molecule has 0 aliphatic rings. The Balaban J connectivity index is 1.70. The highest BCUT2D eigenvalue weighted by Gasteiger charge is 2.14. The summed E-state index contributed by atoms with van der Waals surface area (Å²) in [4.78, 5) is 34.9. The average Bonchev–Trinajstić information content (AvgIpc) is 2.80. The number of nitrogens with zero attached hydrogens (tertiary/aromatic N) is 2. The normalized spacial score (nSPS) is 10.8. The summed E-state index contributed by atoms with van der Waals surface area (Å²) in [7, 11) is 0. The van der Waals surface area contributed by atoms with Gasteiger partial charge < -0.3 is 10.1 Å². The Morgan fingerprint density at radius 1 is 1.09 bits per heavy atom. The van der Waals surface area contributed by atoms with Gasteiger partial charge in [-0.25, -0.2) is 4.79 Å². The Morgan fingerprint density at radius 2 is 1.76 bits per heavy atom. The second-order valence-electron chi connectivity index (χ2n) is 6.51. The maximum absolute atomic E-state index is 12.5. The third kappa shape index (κ3) is 6.26. The summed E-state index contributed by atoms with van der Waals surface area (Å²) in [6.07, 6.45) is 1.36. The zero-order valence-electron chi connectivity index (χ0n) is 16.6. The van der Waals surface area contributed by atoms with Crippen molar-refractivity contribution < 1.29 is 19.2 Å². The Labute approximate surface area is 201 Å². The van der Waals surface area contributed by atoms with Gasteiger partial charge in [-0.15, -0.1) is 0 Å². The van der Waals surface area contributed by atoms with Gasteiger partial charge in [0.25, 0.3) is 11.6 Å². The fourth-order valence-corrected chi connectivity index (χ4v) is 3.20. The highest BCUT2D eigenvalue weighted by atomic mass is 79.9. The minimum atomic E-state index is -0.690. The Kier molecular flexibility index (Phi) is 7.56. The predicted molar refractivity (Wildman–Crippen MR) is 126 cm³/mol. The molecule has 33 heavy (non-hydrogen) atoms. The van der Waals surface area contributed by atoms with Gasteiger partial charge in [0, 0.05) is 21.6 Å². The van der Waals surface area contributed by atoms with Gasteiger partial charge >= 0.3 is 5.97 Å². The number of anilines is 1. The lowest BCUT2D eigenvalue weighted by Gasteiger charge is -2.07. The number of rotatable bonds is 6. The molecule has 3 aromatic carbocycles. The molecular formula is C23H13BrClN3O5. The van der Waals surface area contributed by atoms with E-state index < -0.39 is 16.8 Å². The third-order valence-corrected chi connectivity index (χ3v) is 5.17. The summed E-state index contributed by atoms with van der Waals surface area (Å²) in [6, 6.07) is 18.1. The number of nitro groups is 1. The van der Waals surface area contributed by atoms with Gasteiger partial charge in [0.1, 0.15) is 17.4 Å². The number of esters is 1. The average molecular weight is 527 g/mol. The molecule has 3 aromatic rings. The summed E-state index contributed by atoms with van der Waals surface area (Å²) >= 11 is 8.96. The largest absolute Gasteiger partial charge is 0.423 e. The molecule has 0 atom stereocenters. The highest BCUT2D eigenvalue weighted by molar-refractivity contribution is 9.10. The molecule has 0 aliphatic heterocycles. The molecule has 0 unspecified atom stereocenters. The van der Waals surface area contributed by atoms with Gasteiger partial charge in [0.2, 0.25) is 0 Å².